The molecule has 2 rings (SSSR count). The number of hydrogen-bond donors (Lipinski definition) is 1. The van der Waals surface area contributed by atoms with Gasteiger partial charge in [-0.1, -0.05) is 30.3 Å². The average molecular weight is 271 g/mol. The third-order valence-electron chi connectivity index (χ3n) is 3.85. The summed E-state index contributed by atoms with van der Waals surface area (Å²) in [6, 6.07) is 13.0. The molecule has 20 heavy (non-hydrogen) atoms. The van der Waals surface area contributed by atoms with Crippen molar-refractivity contribution in [1.82, 2.24) is 10.2 Å². The first kappa shape index (κ1) is 14.5. The van der Waals surface area contributed by atoms with E-state index in [0.717, 1.165) is 25.9 Å². The molecule has 0 radical (unpaired) electrons. The van der Waals surface area contributed by atoms with Gasteiger partial charge in [0.05, 0.1) is 6.07 Å². The molecule has 2 atom stereocenters. The highest BCUT2D eigenvalue weighted by Gasteiger charge is 2.26. The molecular formula is C16H21N3O. The molecule has 1 aromatic rings. The quantitative estimate of drug-likeness (QED) is 0.912. The van der Waals surface area contributed by atoms with Gasteiger partial charge in [0.2, 0.25) is 5.91 Å². The zero-order valence-corrected chi connectivity index (χ0v) is 11.9. The molecule has 0 bridgehead atoms. The number of nitrogens with one attached hydrogen (secondary N) is 1. The Morgan fingerprint density at radius 2 is 2.20 bits per heavy atom. The first-order valence-corrected chi connectivity index (χ1v) is 7.13. The molecule has 0 aromatic heterocycles. The summed E-state index contributed by atoms with van der Waals surface area (Å²) in [5.41, 5.74) is 1.33. The predicted octanol–water partition coefficient (Wildman–Crippen LogP) is 2.07. The molecule has 2 unspecified atom stereocenters. The number of nitriles is 1. The van der Waals surface area contributed by atoms with Crippen molar-refractivity contribution in [3.05, 3.63) is 35.9 Å². The van der Waals surface area contributed by atoms with Crippen molar-refractivity contribution >= 4 is 5.91 Å². The Labute approximate surface area is 120 Å². The molecule has 1 aromatic carbocycles. The second kappa shape index (κ2) is 7.06. The van der Waals surface area contributed by atoms with Crippen LogP contribution >= 0.6 is 0 Å². The van der Waals surface area contributed by atoms with Crippen molar-refractivity contribution in [2.75, 3.05) is 6.54 Å². The van der Waals surface area contributed by atoms with Crippen LogP contribution in [0.1, 0.15) is 31.7 Å². The molecule has 1 fully saturated rings. The van der Waals surface area contributed by atoms with Gasteiger partial charge in [-0.05, 0) is 25.3 Å². The lowest BCUT2D eigenvalue weighted by atomic mass is 9.97. The third kappa shape index (κ3) is 4.07. The average Bonchev–Trinajstić information content (AvgIpc) is 2.43. The summed E-state index contributed by atoms with van der Waals surface area (Å²) < 4.78 is 0. The lowest BCUT2D eigenvalue weighted by molar-refractivity contribution is -0.121. The van der Waals surface area contributed by atoms with Gasteiger partial charge < -0.3 is 5.32 Å². The molecule has 1 amide bonds. The van der Waals surface area contributed by atoms with Gasteiger partial charge in [-0.3, -0.25) is 9.69 Å². The Morgan fingerprint density at radius 3 is 2.85 bits per heavy atom. The summed E-state index contributed by atoms with van der Waals surface area (Å²) >= 11 is 0. The van der Waals surface area contributed by atoms with Gasteiger partial charge in [-0.15, -0.1) is 0 Å². The van der Waals surface area contributed by atoms with Crippen molar-refractivity contribution in [3.63, 3.8) is 0 Å². The maximum absolute atomic E-state index is 11.4. The highest BCUT2D eigenvalue weighted by molar-refractivity contribution is 5.78. The van der Waals surface area contributed by atoms with Crippen LogP contribution in [0.4, 0.5) is 0 Å². The second-order valence-corrected chi connectivity index (χ2v) is 5.43. The molecule has 4 heteroatoms. The topological polar surface area (TPSA) is 56.1 Å². The molecular weight excluding hydrogens is 250 g/mol. The smallest absolute Gasteiger partial charge is 0.234 e. The van der Waals surface area contributed by atoms with Crippen molar-refractivity contribution < 1.29 is 4.79 Å². The minimum atomic E-state index is -0.152. The standard InChI is InChI=1S/C16H21N3O/c1-13-11-15(18-16(20)7-9-17)8-10-19(13)12-14-5-3-2-4-6-14/h2-6,13,15H,7-8,10-12H2,1H3,(H,18,20). The summed E-state index contributed by atoms with van der Waals surface area (Å²) in [7, 11) is 0. The van der Waals surface area contributed by atoms with Gasteiger partial charge in [0.15, 0.2) is 0 Å². The van der Waals surface area contributed by atoms with Gasteiger partial charge in [-0.2, -0.15) is 5.26 Å². The van der Waals surface area contributed by atoms with Gasteiger partial charge in [0.1, 0.15) is 6.42 Å². The van der Waals surface area contributed by atoms with Gasteiger partial charge >= 0.3 is 0 Å². The van der Waals surface area contributed by atoms with Crippen LogP contribution in [-0.2, 0) is 11.3 Å². The molecule has 1 aliphatic heterocycles. The Balaban J connectivity index is 1.83. The van der Waals surface area contributed by atoms with Crippen LogP contribution in [0.15, 0.2) is 30.3 Å². The first-order valence-electron chi connectivity index (χ1n) is 7.13. The first-order chi connectivity index (χ1) is 9.69. The predicted molar refractivity (Wildman–Crippen MR) is 77.7 cm³/mol. The lowest BCUT2D eigenvalue weighted by Gasteiger charge is -2.38. The molecule has 0 saturated carbocycles. The third-order valence-corrected chi connectivity index (χ3v) is 3.85. The summed E-state index contributed by atoms with van der Waals surface area (Å²) in [4.78, 5) is 13.9. The van der Waals surface area contributed by atoms with E-state index >= 15 is 0 Å². The second-order valence-electron chi connectivity index (χ2n) is 5.43. The Bertz CT molecular complexity index is 480. The van der Waals surface area contributed by atoms with Crippen molar-refractivity contribution in [2.45, 2.75) is 44.8 Å². The molecule has 1 aliphatic rings. The molecule has 106 valence electrons. The Kier molecular flexibility index (Phi) is 5.14. The fourth-order valence-electron chi connectivity index (χ4n) is 2.76. The molecule has 4 nitrogen and oxygen atoms in total. The van der Waals surface area contributed by atoms with E-state index in [4.69, 9.17) is 5.26 Å². The van der Waals surface area contributed by atoms with E-state index in [1.54, 1.807) is 0 Å². The maximum atomic E-state index is 11.4. The van der Waals surface area contributed by atoms with Crippen LogP contribution in [-0.4, -0.2) is 29.4 Å². The highest BCUT2D eigenvalue weighted by atomic mass is 16.1. The van der Waals surface area contributed by atoms with Crippen LogP contribution in [0.2, 0.25) is 0 Å². The van der Waals surface area contributed by atoms with Gasteiger partial charge in [-0.25, -0.2) is 0 Å². The molecule has 1 heterocycles. The Hall–Kier alpha value is -1.86. The largest absolute Gasteiger partial charge is 0.352 e. The van der Waals surface area contributed by atoms with Crippen LogP contribution in [0, 0.1) is 11.3 Å². The fourth-order valence-corrected chi connectivity index (χ4v) is 2.76. The molecule has 1 N–H and O–H groups in total. The number of piperidine rings is 1. The summed E-state index contributed by atoms with van der Waals surface area (Å²) in [6.45, 7) is 4.14. The number of amides is 1. The van der Waals surface area contributed by atoms with Gasteiger partial charge in [0.25, 0.3) is 0 Å². The summed E-state index contributed by atoms with van der Waals surface area (Å²) in [5.74, 6) is -0.152. The monoisotopic (exact) mass is 271 g/mol. The van der Waals surface area contributed by atoms with E-state index in [0.29, 0.717) is 6.04 Å². The number of carbonyl (C=O) groups is 1. The van der Waals surface area contributed by atoms with E-state index in [2.05, 4.69) is 41.4 Å². The fraction of sp³-hybridized carbons (Fsp3) is 0.500. The van der Waals surface area contributed by atoms with Gasteiger partial charge in [0, 0.05) is 25.2 Å². The number of carbonyl (C=O) groups excluding carboxylic acids is 1. The van der Waals surface area contributed by atoms with Crippen molar-refractivity contribution in [3.8, 4) is 6.07 Å². The highest BCUT2D eigenvalue weighted by Crippen LogP contribution is 2.19. The summed E-state index contributed by atoms with van der Waals surface area (Å²) in [6.07, 6.45) is 1.86. The van der Waals surface area contributed by atoms with Crippen LogP contribution < -0.4 is 5.32 Å². The minimum absolute atomic E-state index is 0.0430. The van der Waals surface area contributed by atoms with Crippen LogP contribution in [0.5, 0.6) is 0 Å². The zero-order valence-electron chi connectivity index (χ0n) is 11.9. The van der Waals surface area contributed by atoms with E-state index in [-0.39, 0.29) is 18.4 Å². The normalized spacial score (nSPS) is 23.0. The molecule has 0 aliphatic carbocycles. The SMILES string of the molecule is CC1CC(NC(=O)CC#N)CCN1Cc1ccccc1. The van der Waals surface area contributed by atoms with Crippen LogP contribution in [0.25, 0.3) is 0 Å². The number of nitrogens with zero attached hydrogens (tertiary/aromatic N) is 2. The van der Waals surface area contributed by atoms with Crippen molar-refractivity contribution in [1.29, 1.82) is 5.26 Å². The number of hydrogen-bond acceptors (Lipinski definition) is 3. The summed E-state index contributed by atoms with van der Waals surface area (Å²) in [5, 5.41) is 11.5. The van der Waals surface area contributed by atoms with E-state index in [9.17, 15) is 4.79 Å². The molecule has 1 saturated heterocycles. The number of likely N-dealkylation sites (tertiary alicyclic amines) is 1. The number of benzene rings is 1. The Morgan fingerprint density at radius 1 is 1.45 bits per heavy atom. The van der Waals surface area contributed by atoms with E-state index < -0.39 is 0 Å². The zero-order chi connectivity index (χ0) is 14.4. The lowest BCUT2D eigenvalue weighted by Crippen LogP contribution is -2.48. The van der Waals surface area contributed by atoms with E-state index in [1.165, 1.54) is 5.56 Å². The number of rotatable bonds is 4. The molecule has 0 spiro atoms. The maximum Gasteiger partial charge on any atom is 0.234 e. The van der Waals surface area contributed by atoms with E-state index in [1.807, 2.05) is 12.1 Å². The minimum Gasteiger partial charge on any atom is -0.352 e. The van der Waals surface area contributed by atoms with Crippen LogP contribution in [0.3, 0.4) is 0 Å². The van der Waals surface area contributed by atoms with Crippen molar-refractivity contribution in [2.24, 2.45) is 0 Å².